The molecule has 0 saturated heterocycles. The van der Waals surface area contributed by atoms with Gasteiger partial charge in [-0.15, -0.1) is 0 Å². The first-order valence-corrected chi connectivity index (χ1v) is 6.07. The first-order valence-electron chi connectivity index (χ1n) is 6.07. The van der Waals surface area contributed by atoms with E-state index in [9.17, 15) is 5.11 Å². The van der Waals surface area contributed by atoms with Gasteiger partial charge in [0.05, 0.1) is 6.61 Å². The Morgan fingerprint density at radius 1 is 1.00 bits per heavy atom. The topological polar surface area (TPSA) is 49.7 Å². The largest absolute Gasteiger partial charge is 0.391 e. The first kappa shape index (κ1) is 14.9. The van der Waals surface area contributed by atoms with Gasteiger partial charge in [-0.05, 0) is 6.42 Å². The molecular formula is C12H26O3. The van der Waals surface area contributed by atoms with Crippen LogP contribution in [0.15, 0.2) is 0 Å². The fraction of sp³-hybridized carbons (Fsp3) is 1.00. The van der Waals surface area contributed by atoms with Crippen LogP contribution in [0.25, 0.3) is 0 Å². The van der Waals surface area contributed by atoms with Gasteiger partial charge in [-0.2, -0.15) is 0 Å². The van der Waals surface area contributed by atoms with E-state index in [4.69, 9.17) is 9.84 Å². The fourth-order valence-corrected chi connectivity index (χ4v) is 1.60. The van der Waals surface area contributed by atoms with Gasteiger partial charge in [-0.3, -0.25) is 0 Å². The van der Waals surface area contributed by atoms with Crippen LogP contribution in [0.2, 0.25) is 0 Å². The molecule has 2 N–H and O–H groups in total. The maximum absolute atomic E-state index is 9.60. The van der Waals surface area contributed by atoms with Crippen LogP contribution in [-0.4, -0.2) is 29.7 Å². The molecule has 15 heavy (non-hydrogen) atoms. The third kappa shape index (κ3) is 7.77. The van der Waals surface area contributed by atoms with Gasteiger partial charge in [0.25, 0.3) is 0 Å². The number of rotatable bonds is 10. The first-order chi connectivity index (χ1) is 7.18. The molecule has 0 amide bonds. The lowest BCUT2D eigenvalue weighted by molar-refractivity contribution is -0.212. The van der Waals surface area contributed by atoms with Crippen LogP contribution < -0.4 is 0 Å². The van der Waals surface area contributed by atoms with Gasteiger partial charge >= 0.3 is 0 Å². The smallest absolute Gasteiger partial charge is 0.188 e. The van der Waals surface area contributed by atoms with Crippen molar-refractivity contribution in [2.45, 2.75) is 64.1 Å². The van der Waals surface area contributed by atoms with Gasteiger partial charge in [0.15, 0.2) is 5.79 Å². The average molecular weight is 218 g/mol. The minimum Gasteiger partial charge on any atom is -0.391 e. The van der Waals surface area contributed by atoms with Crippen molar-refractivity contribution in [2.75, 3.05) is 13.7 Å². The minimum absolute atomic E-state index is 0.320. The van der Waals surface area contributed by atoms with Crippen molar-refractivity contribution in [3.63, 3.8) is 0 Å². The molecule has 0 heterocycles. The Bertz CT molecular complexity index is 133. The van der Waals surface area contributed by atoms with Gasteiger partial charge in [-0.1, -0.05) is 45.4 Å². The third-order valence-electron chi connectivity index (χ3n) is 2.80. The molecule has 0 bridgehead atoms. The second-order valence-electron chi connectivity index (χ2n) is 4.18. The monoisotopic (exact) mass is 218 g/mol. The highest BCUT2D eigenvalue weighted by atomic mass is 16.6. The molecule has 0 saturated carbocycles. The van der Waals surface area contributed by atoms with E-state index in [2.05, 4.69) is 6.92 Å². The molecule has 0 aromatic carbocycles. The number of aliphatic hydroxyl groups is 2. The summed E-state index contributed by atoms with van der Waals surface area (Å²) in [5.74, 6) is -1.32. The molecule has 0 spiro atoms. The summed E-state index contributed by atoms with van der Waals surface area (Å²) in [6.45, 7) is 1.89. The molecular weight excluding hydrogens is 192 g/mol. The number of hydrogen-bond acceptors (Lipinski definition) is 3. The van der Waals surface area contributed by atoms with Crippen molar-refractivity contribution in [1.82, 2.24) is 0 Å². The quantitative estimate of drug-likeness (QED) is 0.437. The molecule has 92 valence electrons. The fourth-order valence-electron chi connectivity index (χ4n) is 1.60. The highest BCUT2D eigenvalue weighted by Gasteiger charge is 2.23. The molecule has 0 aliphatic rings. The Balaban J connectivity index is 3.29. The van der Waals surface area contributed by atoms with Gasteiger partial charge in [0.2, 0.25) is 0 Å². The normalized spacial score (nSPS) is 15.2. The van der Waals surface area contributed by atoms with E-state index in [0.717, 1.165) is 12.8 Å². The summed E-state index contributed by atoms with van der Waals surface area (Å²) in [6.07, 6.45) is 8.93. The maximum Gasteiger partial charge on any atom is 0.188 e. The van der Waals surface area contributed by atoms with Crippen LogP contribution in [0.5, 0.6) is 0 Å². The number of unbranched alkanes of at least 4 members (excludes halogenated alkanes) is 6. The molecule has 3 heteroatoms. The lowest BCUT2D eigenvalue weighted by atomic mass is 10.0. The van der Waals surface area contributed by atoms with Crippen LogP contribution in [0, 0.1) is 0 Å². The van der Waals surface area contributed by atoms with E-state index in [-0.39, 0.29) is 6.61 Å². The van der Waals surface area contributed by atoms with Crippen LogP contribution in [-0.2, 0) is 4.74 Å². The molecule has 1 unspecified atom stereocenters. The molecule has 0 aliphatic carbocycles. The molecule has 0 aromatic heterocycles. The molecule has 0 aliphatic heterocycles. The number of aliphatic hydroxyl groups excluding tert-OH is 1. The summed E-state index contributed by atoms with van der Waals surface area (Å²) in [4.78, 5) is 0. The van der Waals surface area contributed by atoms with Crippen LogP contribution in [0.3, 0.4) is 0 Å². The summed E-state index contributed by atoms with van der Waals surface area (Å²) in [7, 11) is 1.43. The Morgan fingerprint density at radius 3 is 2.00 bits per heavy atom. The Morgan fingerprint density at radius 2 is 1.53 bits per heavy atom. The van der Waals surface area contributed by atoms with E-state index in [0.29, 0.717) is 6.42 Å². The number of methoxy groups -OCH3 is 1. The van der Waals surface area contributed by atoms with Crippen molar-refractivity contribution < 1.29 is 14.9 Å². The molecule has 0 radical (unpaired) electrons. The lowest BCUT2D eigenvalue weighted by Gasteiger charge is -2.23. The van der Waals surface area contributed by atoms with Crippen LogP contribution in [0.1, 0.15) is 58.3 Å². The van der Waals surface area contributed by atoms with E-state index in [1.54, 1.807) is 0 Å². The molecule has 0 aromatic rings. The van der Waals surface area contributed by atoms with Gasteiger partial charge in [0, 0.05) is 13.5 Å². The Hall–Kier alpha value is -0.120. The minimum atomic E-state index is -1.32. The number of ether oxygens (including phenoxy) is 1. The second kappa shape index (κ2) is 9.13. The summed E-state index contributed by atoms with van der Waals surface area (Å²) in [6, 6.07) is 0. The third-order valence-corrected chi connectivity index (χ3v) is 2.80. The molecule has 1 atom stereocenters. The SMILES string of the molecule is CCCCCCCCCC(O)(CO)OC. The Labute approximate surface area is 93.5 Å². The van der Waals surface area contributed by atoms with Crippen molar-refractivity contribution in [2.24, 2.45) is 0 Å². The van der Waals surface area contributed by atoms with E-state index >= 15 is 0 Å². The van der Waals surface area contributed by atoms with Gasteiger partial charge in [0.1, 0.15) is 0 Å². The standard InChI is InChI=1S/C12H26O3/c1-3-4-5-6-7-8-9-10-12(14,11-13)15-2/h13-14H,3-11H2,1-2H3. The summed E-state index contributed by atoms with van der Waals surface area (Å²) in [5, 5.41) is 18.5. The predicted octanol–water partition coefficient (Wildman–Crippen LogP) is 2.45. The highest BCUT2D eigenvalue weighted by Crippen LogP contribution is 2.16. The van der Waals surface area contributed by atoms with Crippen LogP contribution >= 0.6 is 0 Å². The van der Waals surface area contributed by atoms with Crippen molar-refractivity contribution in [3.05, 3.63) is 0 Å². The predicted molar refractivity (Wildman–Crippen MR) is 61.7 cm³/mol. The number of hydrogen-bond donors (Lipinski definition) is 2. The van der Waals surface area contributed by atoms with Crippen molar-refractivity contribution in [3.8, 4) is 0 Å². The summed E-state index contributed by atoms with van der Waals surface area (Å²) in [5.41, 5.74) is 0. The molecule has 0 fully saturated rings. The summed E-state index contributed by atoms with van der Waals surface area (Å²) >= 11 is 0. The van der Waals surface area contributed by atoms with Gasteiger partial charge in [-0.25, -0.2) is 0 Å². The van der Waals surface area contributed by atoms with Crippen molar-refractivity contribution in [1.29, 1.82) is 0 Å². The maximum atomic E-state index is 9.60. The molecule has 3 nitrogen and oxygen atoms in total. The average Bonchev–Trinajstić information content (AvgIpc) is 2.27. The van der Waals surface area contributed by atoms with Crippen molar-refractivity contribution >= 4 is 0 Å². The van der Waals surface area contributed by atoms with E-state index in [1.807, 2.05) is 0 Å². The zero-order valence-corrected chi connectivity index (χ0v) is 10.2. The van der Waals surface area contributed by atoms with E-state index < -0.39 is 5.79 Å². The van der Waals surface area contributed by atoms with E-state index in [1.165, 1.54) is 39.2 Å². The zero-order chi connectivity index (χ0) is 11.6. The Kier molecular flexibility index (Phi) is 9.06. The van der Waals surface area contributed by atoms with Crippen LogP contribution in [0.4, 0.5) is 0 Å². The lowest BCUT2D eigenvalue weighted by Crippen LogP contribution is -2.35. The van der Waals surface area contributed by atoms with Gasteiger partial charge < -0.3 is 14.9 Å². The molecule has 0 rings (SSSR count). The highest BCUT2D eigenvalue weighted by molar-refractivity contribution is 4.64. The zero-order valence-electron chi connectivity index (χ0n) is 10.2. The summed E-state index contributed by atoms with van der Waals surface area (Å²) < 4.78 is 4.84. The second-order valence-corrected chi connectivity index (χ2v) is 4.18.